The third kappa shape index (κ3) is 6.13. The van der Waals surface area contributed by atoms with Gasteiger partial charge < -0.3 is 10.1 Å². The molecule has 0 bridgehead atoms. The molecule has 0 radical (unpaired) electrons. The molecule has 5 nitrogen and oxygen atoms in total. The molecule has 0 atom stereocenters. The molecule has 1 N–H and O–H groups in total. The van der Waals surface area contributed by atoms with Gasteiger partial charge in [-0.05, 0) is 66.6 Å². The van der Waals surface area contributed by atoms with E-state index in [0.717, 1.165) is 34.4 Å². The molecule has 2 amide bonds. The molecular weight excluding hydrogens is 509 g/mol. The Morgan fingerprint density at radius 3 is 2.58 bits per heavy atom. The zero-order valence-corrected chi connectivity index (χ0v) is 20.5. The molecule has 4 rings (SSSR count). The molecule has 1 fully saturated rings. The molecule has 1 saturated heterocycles. The summed E-state index contributed by atoms with van der Waals surface area (Å²) in [6, 6.07) is 18.6. The molecular formula is C26H19F3N2O3S2. The Morgan fingerprint density at radius 2 is 1.83 bits per heavy atom. The van der Waals surface area contributed by atoms with E-state index in [1.807, 2.05) is 25.1 Å². The van der Waals surface area contributed by atoms with Crippen LogP contribution in [0.2, 0.25) is 0 Å². The van der Waals surface area contributed by atoms with E-state index in [2.05, 4.69) is 5.32 Å². The Labute approximate surface area is 214 Å². The predicted octanol–water partition coefficient (Wildman–Crippen LogP) is 6.44. The van der Waals surface area contributed by atoms with E-state index in [4.69, 9.17) is 17.0 Å². The van der Waals surface area contributed by atoms with Crippen molar-refractivity contribution in [2.45, 2.75) is 13.1 Å². The zero-order valence-electron chi connectivity index (χ0n) is 18.8. The average molecular weight is 529 g/mol. The van der Waals surface area contributed by atoms with Gasteiger partial charge in [-0.1, -0.05) is 54.3 Å². The van der Waals surface area contributed by atoms with Gasteiger partial charge in [0.15, 0.2) is 10.9 Å². The summed E-state index contributed by atoms with van der Waals surface area (Å²) in [4.78, 5) is 26.5. The van der Waals surface area contributed by atoms with Crippen LogP contribution in [-0.2, 0) is 15.8 Å². The number of nitrogens with zero attached hydrogens (tertiary/aromatic N) is 1. The maximum Gasteiger partial charge on any atom is 0.416 e. The lowest BCUT2D eigenvalue weighted by molar-refractivity contribution is -0.137. The normalized spacial score (nSPS) is 14.9. The number of thioether (sulfide) groups is 1. The Hall–Kier alpha value is -3.63. The number of carbonyl (C=O) groups excluding carboxylic acids is 2. The number of hydrogen-bond donors (Lipinski definition) is 1. The van der Waals surface area contributed by atoms with Crippen molar-refractivity contribution in [2.75, 3.05) is 16.8 Å². The number of alkyl halides is 3. The van der Waals surface area contributed by atoms with E-state index in [1.165, 1.54) is 12.1 Å². The third-order valence-corrected chi connectivity index (χ3v) is 6.36. The molecule has 0 aromatic heterocycles. The Morgan fingerprint density at radius 1 is 1.08 bits per heavy atom. The third-order valence-electron chi connectivity index (χ3n) is 5.05. The van der Waals surface area contributed by atoms with Crippen LogP contribution in [0.5, 0.6) is 5.75 Å². The second-order valence-electron chi connectivity index (χ2n) is 7.84. The molecule has 0 aliphatic carbocycles. The van der Waals surface area contributed by atoms with Crippen molar-refractivity contribution in [3.05, 3.63) is 94.4 Å². The zero-order chi connectivity index (χ0) is 25.9. The summed E-state index contributed by atoms with van der Waals surface area (Å²) in [6.07, 6.45) is -2.96. The van der Waals surface area contributed by atoms with Crippen LogP contribution in [0.25, 0.3) is 6.08 Å². The molecule has 3 aromatic carbocycles. The number of amides is 2. The SMILES string of the molecule is Cc1cccc(NC(=O)COc2cccc(/C=C3\SC(=S)N(c4cccc(C(F)(F)F)c4)C3=O)c2)c1. The monoisotopic (exact) mass is 528 g/mol. The Balaban J connectivity index is 1.45. The van der Waals surface area contributed by atoms with Gasteiger partial charge in [0, 0.05) is 5.69 Å². The topological polar surface area (TPSA) is 58.6 Å². The first-order chi connectivity index (χ1) is 17.1. The molecule has 1 aliphatic rings. The van der Waals surface area contributed by atoms with Crippen molar-refractivity contribution in [3.63, 3.8) is 0 Å². The molecule has 1 aliphatic heterocycles. The highest BCUT2D eigenvalue weighted by Crippen LogP contribution is 2.38. The highest BCUT2D eigenvalue weighted by atomic mass is 32.2. The van der Waals surface area contributed by atoms with E-state index in [9.17, 15) is 22.8 Å². The Kier molecular flexibility index (Phi) is 7.46. The van der Waals surface area contributed by atoms with Gasteiger partial charge in [-0.15, -0.1) is 0 Å². The lowest BCUT2D eigenvalue weighted by atomic mass is 10.1. The number of nitrogens with one attached hydrogen (secondary N) is 1. The maximum absolute atomic E-state index is 13.1. The van der Waals surface area contributed by atoms with Gasteiger partial charge in [0.1, 0.15) is 5.75 Å². The quantitative estimate of drug-likeness (QED) is 0.295. The second kappa shape index (κ2) is 10.5. The number of benzene rings is 3. The molecule has 36 heavy (non-hydrogen) atoms. The number of halogens is 3. The van der Waals surface area contributed by atoms with Gasteiger partial charge >= 0.3 is 6.18 Å². The van der Waals surface area contributed by atoms with Crippen LogP contribution in [0.1, 0.15) is 16.7 Å². The lowest BCUT2D eigenvalue weighted by Crippen LogP contribution is -2.27. The van der Waals surface area contributed by atoms with Gasteiger partial charge in [0.25, 0.3) is 11.8 Å². The van der Waals surface area contributed by atoms with Gasteiger partial charge in [0.05, 0.1) is 16.2 Å². The number of thiocarbonyl (C=S) groups is 1. The highest BCUT2D eigenvalue weighted by Gasteiger charge is 2.36. The number of aryl methyl sites for hydroxylation is 1. The number of rotatable bonds is 6. The minimum atomic E-state index is -4.54. The van der Waals surface area contributed by atoms with Crippen molar-refractivity contribution >= 4 is 57.6 Å². The van der Waals surface area contributed by atoms with Crippen LogP contribution in [0.15, 0.2) is 77.7 Å². The van der Waals surface area contributed by atoms with Crippen LogP contribution < -0.4 is 15.0 Å². The van der Waals surface area contributed by atoms with Crippen molar-refractivity contribution < 1.29 is 27.5 Å². The number of hydrogen-bond acceptors (Lipinski definition) is 5. The van der Waals surface area contributed by atoms with Gasteiger partial charge in [-0.3, -0.25) is 14.5 Å². The van der Waals surface area contributed by atoms with E-state index >= 15 is 0 Å². The van der Waals surface area contributed by atoms with Crippen LogP contribution in [-0.4, -0.2) is 22.7 Å². The summed E-state index contributed by atoms with van der Waals surface area (Å²) < 4.78 is 45.0. The van der Waals surface area contributed by atoms with E-state index in [1.54, 1.807) is 36.4 Å². The summed E-state index contributed by atoms with van der Waals surface area (Å²) in [5.41, 5.74) is 1.47. The van der Waals surface area contributed by atoms with E-state index in [-0.39, 0.29) is 27.4 Å². The van der Waals surface area contributed by atoms with E-state index in [0.29, 0.717) is 17.0 Å². The second-order valence-corrected chi connectivity index (χ2v) is 9.52. The summed E-state index contributed by atoms with van der Waals surface area (Å²) >= 11 is 6.26. The first kappa shape index (κ1) is 25.5. The molecule has 0 unspecified atom stereocenters. The molecule has 1 heterocycles. The Bertz CT molecular complexity index is 1370. The molecule has 3 aromatic rings. The fraction of sp³-hybridized carbons (Fsp3) is 0.115. The minimum absolute atomic E-state index is 0.0485. The fourth-order valence-electron chi connectivity index (χ4n) is 3.43. The first-order valence-corrected chi connectivity index (χ1v) is 11.9. The minimum Gasteiger partial charge on any atom is -0.484 e. The van der Waals surface area contributed by atoms with Crippen LogP contribution >= 0.6 is 24.0 Å². The van der Waals surface area contributed by atoms with Crippen molar-refractivity contribution in [2.24, 2.45) is 0 Å². The van der Waals surface area contributed by atoms with E-state index < -0.39 is 17.6 Å². The largest absolute Gasteiger partial charge is 0.484 e. The van der Waals surface area contributed by atoms with Crippen molar-refractivity contribution in [3.8, 4) is 5.75 Å². The van der Waals surface area contributed by atoms with Gasteiger partial charge in [-0.2, -0.15) is 13.2 Å². The summed E-state index contributed by atoms with van der Waals surface area (Å²) in [5, 5.41) is 2.76. The van der Waals surface area contributed by atoms with Crippen LogP contribution in [0.3, 0.4) is 0 Å². The summed E-state index contributed by atoms with van der Waals surface area (Å²) in [6.45, 7) is 1.71. The summed E-state index contributed by atoms with van der Waals surface area (Å²) in [7, 11) is 0. The predicted molar refractivity (Wildman–Crippen MR) is 139 cm³/mol. The first-order valence-electron chi connectivity index (χ1n) is 10.6. The maximum atomic E-state index is 13.1. The lowest BCUT2D eigenvalue weighted by Gasteiger charge is -2.16. The number of carbonyl (C=O) groups is 2. The van der Waals surface area contributed by atoms with Crippen molar-refractivity contribution in [1.29, 1.82) is 0 Å². The molecule has 184 valence electrons. The van der Waals surface area contributed by atoms with Gasteiger partial charge in [-0.25, -0.2) is 0 Å². The number of anilines is 2. The molecule has 0 spiro atoms. The number of ether oxygens (including phenoxy) is 1. The molecule has 10 heteroatoms. The van der Waals surface area contributed by atoms with Crippen LogP contribution in [0, 0.1) is 6.92 Å². The van der Waals surface area contributed by atoms with Gasteiger partial charge in [0.2, 0.25) is 0 Å². The molecule has 0 saturated carbocycles. The summed E-state index contributed by atoms with van der Waals surface area (Å²) in [5.74, 6) is -0.433. The average Bonchev–Trinajstić information content (AvgIpc) is 3.10. The smallest absolute Gasteiger partial charge is 0.416 e. The highest BCUT2D eigenvalue weighted by molar-refractivity contribution is 8.27. The standard InChI is InChI=1S/C26H19F3N2O3S2/c1-16-5-2-8-19(11-16)30-23(32)15-34-21-10-3-6-17(12-21)13-22-24(33)31(25(35)36-22)20-9-4-7-18(14-20)26(27,28)29/h2-14H,15H2,1H3,(H,30,32)/b22-13-. The fourth-order valence-corrected chi connectivity index (χ4v) is 4.72. The van der Waals surface area contributed by atoms with Crippen molar-refractivity contribution in [1.82, 2.24) is 0 Å². The van der Waals surface area contributed by atoms with Crippen LogP contribution in [0.4, 0.5) is 24.5 Å².